The fraction of sp³-hybridized carbons (Fsp3) is 0.353. The molecule has 6 nitrogen and oxygen atoms in total. The standard InChI is InChI=1S/C17H18ClN5OS/c1-11-12(18)3-4-14-15(11)19-17(25-14)23-9-7-22(8-10-23)16(24)13-5-6-21(2)20-13/h3-6H,7-10H2,1-2H3. The van der Waals surface area contributed by atoms with Gasteiger partial charge < -0.3 is 9.80 Å². The Bertz CT molecular complexity index is 942. The molecular formula is C17H18ClN5OS. The molecule has 0 unspecified atom stereocenters. The number of amides is 1. The van der Waals surface area contributed by atoms with Gasteiger partial charge in [-0.05, 0) is 30.7 Å². The van der Waals surface area contributed by atoms with Gasteiger partial charge in [0.15, 0.2) is 5.13 Å². The van der Waals surface area contributed by atoms with E-state index in [0.717, 1.165) is 39.0 Å². The maximum atomic E-state index is 12.5. The molecule has 130 valence electrons. The van der Waals surface area contributed by atoms with E-state index in [-0.39, 0.29) is 5.91 Å². The number of thiazole rings is 1. The summed E-state index contributed by atoms with van der Waals surface area (Å²) in [5, 5.41) is 5.94. The van der Waals surface area contributed by atoms with Crippen molar-refractivity contribution in [2.45, 2.75) is 6.92 Å². The van der Waals surface area contributed by atoms with Gasteiger partial charge in [-0.2, -0.15) is 5.10 Å². The zero-order chi connectivity index (χ0) is 17.6. The first-order chi connectivity index (χ1) is 12.0. The molecule has 8 heteroatoms. The molecule has 0 aliphatic carbocycles. The third-order valence-electron chi connectivity index (χ3n) is 4.51. The summed E-state index contributed by atoms with van der Waals surface area (Å²) < 4.78 is 2.79. The second-order valence-corrected chi connectivity index (χ2v) is 7.59. The summed E-state index contributed by atoms with van der Waals surface area (Å²) in [5.74, 6) is -0.00724. The van der Waals surface area contributed by atoms with Crippen LogP contribution in [0.1, 0.15) is 16.1 Å². The van der Waals surface area contributed by atoms with Crippen LogP contribution in [0.25, 0.3) is 10.2 Å². The number of carbonyl (C=O) groups is 1. The number of benzene rings is 1. The zero-order valence-corrected chi connectivity index (χ0v) is 15.6. The quantitative estimate of drug-likeness (QED) is 0.691. The largest absolute Gasteiger partial charge is 0.345 e. The van der Waals surface area contributed by atoms with Gasteiger partial charge in [-0.25, -0.2) is 4.98 Å². The second-order valence-electron chi connectivity index (χ2n) is 6.17. The lowest BCUT2D eigenvalue weighted by Crippen LogP contribution is -2.48. The zero-order valence-electron chi connectivity index (χ0n) is 14.1. The van der Waals surface area contributed by atoms with Gasteiger partial charge in [0.25, 0.3) is 5.91 Å². The summed E-state index contributed by atoms with van der Waals surface area (Å²) in [4.78, 5) is 21.3. The minimum Gasteiger partial charge on any atom is -0.345 e. The molecule has 0 spiro atoms. The van der Waals surface area contributed by atoms with Crippen LogP contribution in [-0.4, -0.2) is 51.8 Å². The van der Waals surface area contributed by atoms with Gasteiger partial charge in [-0.15, -0.1) is 0 Å². The number of aryl methyl sites for hydroxylation is 2. The van der Waals surface area contributed by atoms with Crippen molar-refractivity contribution < 1.29 is 4.79 Å². The molecule has 1 aliphatic heterocycles. The van der Waals surface area contributed by atoms with Crippen LogP contribution in [0.5, 0.6) is 0 Å². The third kappa shape index (κ3) is 2.98. The highest BCUT2D eigenvalue weighted by atomic mass is 35.5. The monoisotopic (exact) mass is 375 g/mol. The van der Waals surface area contributed by atoms with Crippen molar-refractivity contribution in [3.05, 3.63) is 40.7 Å². The van der Waals surface area contributed by atoms with E-state index in [4.69, 9.17) is 16.6 Å². The van der Waals surface area contributed by atoms with E-state index >= 15 is 0 Å². The smallest absolute Gasteiger partial charge is 0.274 e. The molecule has 1 aromatic carbocycles. The Morgan fingerprint density at radius 2 is 1.96 bits per heavy atom. The van der Waals surface area contributed by atoms with Crippen molar-refractivity contribution in [3.8, 4) is 0 Å². The van der Waals surface area contributed by atoms with Crippen LogP contribution in [0.2, 0.25) is 5.02 Å². The average molecular weight is 376 g/mol. The molecule has 4 rings (SSSR count). The van der Waals surface area contributed by atoms with Gasteiger partial charge in [0, 0.05) is 44.4 Å². The molecule has 1 amide bonds. The minimum absolute atomic E-state index is 0.00724. The Balaban J connectivity index is 1.48. The number of aromatic nitrogens is 3. The molecule has 0 saturated carbocycles. The Kier molecular flexibility index (Phi) is 4.13. The highest BCUT2D eigenvalue weighted by Gasteiger charge is 2.25. The topological polar surface area (TPSA) is 54.3 Å². The fourth-order valence-electron chi connectivity index (χ4n) is 3.02. The lowest BCUT2D eigenvalue weighted by Gasteiger charge is -2.34. The van der Waals surface area contributed by atoms with Crippen molar-refractivity contribution in [2.75, 3.05) is 31.1 Å². The molecule has 2 aromatic heterocycles. The van der Waals surface area contributed by atoms with Crippen molar-refractivity contribution in [3.63, 3.8) is 0 Å². The van der Waals surface area contributed by atoms with Crippen molar-refractivity contribution in [1.29, 1.82) is 0 Å². The van der Waals surface area contributed by atoms with Gasteiger partial charge in [-0.3, -0.25) is 9.48 Å². The van der Waals surface area contributed by atoms with Gasteiger partial charge in [0.1, 0.15) is 5.69 Å². The summed E-state index contributed by atoms with van der Waals surface area (Å²) in [6.45, 7) is 4.88. The minimum atomic E-state index is -0.00724. The highest BCUT2D eigenvalue weighted by molar-refractivity contribution is 7.22. The highest BCUT2D eigenvalue weighted by Crippen LogP contribution is 2.33. The summed E-state index contributed by atoms with van der Waals surface area (Å²) in [5.41, 5.74) is 2.49. The maximum absolute atomic E-state index is 12.5. The summed E-state index contributed by atoms with van der Waals surface area (Å²) in [7, 11) is 1.82. The number of piperazine rings is 1. The summed E-state index contributed by atoms with van der Waals surface area (Å²) >= 11 is 7.87. The number of halogens is 1. The normalized spacial score (nSPS) is 15.2. The van der Waals surface area contributed by atoms with Crippen LogP contribution >= 0.6 is 22.9 Å². The predicted octanol–water partition coefficient (Wildman–Crippen LogP) is 2.95. The first-order valence-electron chi connectivity index (χ1n) is 8.12. The third-order valence-corrected chi connectivity index (χ3v) is 6.00. The van der Waals surface area contributed by atoms with Crippen molar-refractivity contribution in [1.82, 2.24) is 19.7 Å². The molecule has 0 bridgehead atoms. The van der Waals surface area contributed by atoms with Gasteiger partial charge in [0.05, 0.1) is 10.2 Å². The van der Waals surface area contributed by atoms with Crippen LogP contribution in [0.3, 0.4) is 0 Å². The van der Waals surface area contributed by atoms with E-state index in [0.29, 0.717) is 18.8 Å². The van der Waals surface area contributed by atoms with Gasteiger partial charge in [0.2, 0.25) is 0 Å². The predicted molar refractivity (Wildman–Crippen MR) is 101 cm³/mol. The molecule has 1 fully saturated rings. The van der Waals surface area contributed by atoms with Crippen LogP contribution in [-0.2, 0) is 7.05 Å². The molecule has 3 aromatic rings. The number of fused-ring (bicyclic) bond motifs is 1. The van der Waals surface area contributed by atoms with E-state index in [2.05, 4.69) is 10.00 Å². The molecular weight excluding hydrogens is 358 g/mol. The summed E-state index contributed by atoms with van der Waals surface area (Å²) in [6, 6.07) is 5.70. The summed E-state index contributed by atoms with van der Waals surface area (Å²) in [6.07, 6.45) is 1.79. The van der Waals surface area contributed by atoms with Gasteiger partial charge in [-0.1, -0.05) is 22.9 Å². The van der Waals surface area contributed by atoms with E-state index < -0.39 is 0 Å². The van der Waals surface area contributed by atoms with Crippen molar-refractivity contribution in [2.24, 2.45) is 7.05 Å². The molecule has 3 heterocycles. The second kappa shape index (κ2) is 6.31. The maximum Gasteiger partial charge on any atom is 0.274 e. The van der Waals surface area contributed by atoms with Crippen molar-refractivity contribution >= 4 is 44.2 Å². The fourth-order valence-corrected chi connectivity index (χ4v) is 4.25. The number of hydrogen-bond donors (Lipinski definition) is 0. The van der Waals surface area contributed by atoms with Crippen LogP contribution < -0.4 is 4.90 Å². The van der Waals surface area contributed by atoms with E-state index in [9.17, 15) is 4.79 Å². The van der Waals surface area contributed by atoms with E-state index in [1.165, 1.54) is 0 Å². The first-order valence-corrected chi connectivity index (χ1v) is 9.32. The molecule has 0 atom stereocenters. The Morgan fingerprint density at radius 3 is 2.64 bits per heavy atom. The first kappa shape index (κ1) is 16.4. The Hall–Kier alpha value is -2.12. The lowest BCUT2D eigenvalue weighted by atomic mass is 10.2. The molecule has 25 heavy (non-hydrogen) atoms. The molecule has 0 N–H and O–H groups in total. The van der Waals surface area contributed by atoms with Crippen LogP contribution in [0.15, 0.2) is 24.4 Å². The molecule has 1 aliphatic rings. The Morgan fingerprint density at radius 1 is 1.20 bits per heavy atom. The van der Waals surface area contributed by atoms with Gasteiger partial charge >= 0.3 is 0 Å². The molecule has 1 saturated heterocycles. The SMILES string of the molecule is Cc1c(Cl)ccc2sc(N3CCN(C(=O)c4ccn(C)n4)CC3)nc12. The number of nitrogens with zero attached hydrogens (tertiary/aromatic N) is 5. The van der Waals surface area contributed by atoms with E-state index in [1.807, 2.05) is 31.0 Å². The van der Waals surface area contributed by atoms with Crippen LogP contribution in [0, 0.1) is 6.92 Å². The number of hydrogen-bond acceptors (Lipinski definition) is 5. The Labute approximate surface area is 154 Å². The number of anilines is 1. The number of carbonyl (C=O) groups excluding carboxylic acids is 1. The lowest BCUT2D eigenvalue weighted by molar-refractivity contribution is 0.0740. The number of rotatable bonds is 2. The molecule has 0 radical (unpaired) electrons. The van der Waals surface area contributed by atoms with Crippen LogP contribution in [0.4, 0.5) is 5.13 Å². The van der Waals surface area contributed by atoms with E-state index in [1.54, 1.807) is 28.3 Å². The average Bonchev–Trinajstić information content (AvgIpc) is 3.24.